The molecule has 3 aromatic rings. The fraction of sp³-hybridized carbons (Fsp3) is 0.167. The molecule has 128 valence electrons. The standard InChI is InChI=1S/C18H14BrNO5/c1-2-23-18(22)16-14(13-8-12(19)5-6-15(13)25-16)10-24-17(21)11-4-3-7-20-9-11/h3-9H,2,10H2,1H3. The van der Waals surface area contributed by atoms with Gasteiger partial charge >= 0.3 is 11.9 Å². The maximum Gasteiger partial charge on any atom is 0.374 e. The van der Waals surface area contributed by atoms with Gasteiger partial charge in [0.15, 0.2) is 0 Å². The number of rotatable bonds is 5. The molecule has 0 amide bonds. The van der Waals surface area contributed by atoms with Gasteiger partial charge in [-0.3, -0.25) is 4.98 Å². The maximum absolute atomic E-state index is 12.2. The van der Waals surface area contributed by atoms with Crippen molar-refractivity contribution in [2.75, 3.05) is 6.61 Å². The second-order valence-electron chi connectivity index (χ2n) is 5.09. The molecule has 0 N–H and O–H groups in total. The van der Waals surface area contributed by atoms with Crippen molar-refractivity contribution in [1.82, 2.24) is 4.98 Å². The maximum atomic E-state index is 12.2. The third-order valence-electron chi connectivity index (χ3n) is 3.46. The number of benzene rings is 1. The van der Waals surface area contributed by atoms with E-state index in [9.17, 15) is 9.59 Å². The topological polar surface area (TPSA) is 78.6 Å². The van der Waals surface area contributed by atoms with E-state index in [2.05, 4.69) is 20.9 Å². The van der Waals surface area contributed by atoms with Gasteiger partial charge in [0.1, 0.15) is 12.2 Å². The largest absolute Gasteiger partial charge is 0.460 e. The van der Waals surface area contributed by atoms with Crippen LogP contribution in [0, 0.1) is 0 Å². The first-order valence-corrected chi connectivity index (χ1v) is 8.34. The molecule has 0 aliphatic carbocycles. The quantitative estimate of drug-likeness (QED) is 0.596. The normalized spacial score (nSPS) is 10.6. The summed E-state index contributed by atoms with van der Waals surface area (Å²) < 4.78 is 16.8. The first-order chi connectivity index (χ1) is 12.1. The minimum absolute atomic E-state index is 0.0361. The summed E-state index contributed by atoms with van der Waals surface area (Å²) in [5.41, 5.74) is 1.31. The molecule has 3 rings (SSSR count). The molecule has 2 heterocycles. The summed E-state index contributed by atoms with van der Waals surface area (Å²) in [7, 11) is 0. The van der Waals surface area contributed by atoms with Crippen LogP contribution in [0.25, 0.3) is 11.0 Å². The average molecular weight is 404 g/mol. The summed E-state index contributed by atoms with van der Waals surface area (Å²) in [6.07, 6.45) is 2.98. The summed E-state index contributed by atoms with van der Waals surface area (Å²) in [4.78, 5) is 28.2. The molecule has 0 bridgehead atoms. The molecule has 0 radical (unpaired) electrons. The smallest absolute Gasteiger partial charge is 0.374 e. The highest BCUT2D eigenvalue weighted by Gasteiger charge is 2.23. The van der Waals surface area contributed by atoms with E-state index in [-0.39, 0.29) is 19.0 Å². The van der Waals surface area contributed by atoms with Crippen LogP contribution in [0.4, 0.5) is 0 Å². The van der Waals surface area contributed by atoms with Crippen LogP contribution in [0.5, 0.6) is 0 Å². The fourth-order valence-electron chi connectivity index (χ4n) is 2.33. The lowest BCUT2D eigenvalue weighted by molar-refractivity contribution is 0.0435. The number of carbonyl (C=O) groups excluding carboxylic acids is 2. The third kappa shape index (κ3) is 3.71. The van der Waals surface area contributed by atoms with Crippen LogP contribution >= 0.6 is 15.9 Å². The molecule has 0 saturated carbocycles. The van der Waals surface area contributed by atoms with Crippen LogP contribution in [0.15, 0.2) is 51.6 Å². The molecular formula is C18H14BrNO5. The van der Waals surface area contributed by atoms with E-state index in [4.69, 9.17) is 13.9 Å². The summed E-state index contributed by atoms with van der Waals surface area (Å²) in [5, 5.41) is 0.677. The van der Waals surface area contributed by atoms with E-state index in [0.29, 0.717) is 22.1 Å². The van der Waals surface area contributed by atoms with E-state index >= 15 is 0 Å². The van der Waals surface area contributed by atoms with E-state index in [1.165, 1.54) is 6.20 Å². The second kappa shape index (κ2) is 7.48. The van der Waals surface area contributed by atoms with Crippen LogP contribution < -0.4 is 0 Å². The lowest BCUT2D eigenvalue weighted by Gasteiger charge is -2.05. The molecule has 0 atom stereocenters. The number of pyridine rings is 1. The minimum Gasteiger partial charge on any atom is -0.460 e. The predicted molar refractivity (Wildman–Crippen MR) is 93.2 cm³/mol. The molecule has 0 saturated heterocycles. The van der Waals surface area contributed by atoms with Crippen molar-refractivity contribution in [1.29, 1.82) is 0 Å². The van der Waals surface area contributed by atoms with E-state index in [0.717, 1.165) is 4.47 Å². The molecule has 0 aliphatic rings. The third-order valence-corrected chi connectivity index (χ3v) is 3.95. The predicted octanol–water partition coefficient (Wildman–Crippen LogP) is 4.12. The Morgan fingerprint density at radius 3 is 2.76 bits per heavy atom. The number of esters is 2. The Hall–Kier alpha value is -2.67. The van der Waals surface area contributed by atoms with Gasteiger partial charge in [0.25, 0.3) is 0 Å². The van der Waals surface area contributed by atoms with E-state index in [1.807, 2.05) is 0 Å². The van der Waals surface area contributed by atoms with Gasteiger partial charge < -0.3 is 13.9 Å². The Morgan fingerprint density at radius 1 is 1.20 bits per heavy atom. The van der Waals surface area contributed by atoms with Crippen LogP contribution in [-0.4, -0.2) is 23.5 Å². The number of ether oxygens (including phenoxy) is 2. The van der Waals surface area contributed by atoms with E-state index < -0.39 is 11.9 Å². The van der Waals surface area contributed by atoms with Gasteiger partial charge in [-0.1, -0.05) is 15.9 Å². The van der Waals surface area contributed by atoms with Crippen molar-refractivity contribution in [2.24, 2.45) is 0 Å². The summed E-state index contributed by atoms with van der Waals surface area (Å²) >= 11 is 3.39. The second-order valence-corrected chi connectivity index (χ2v) is 6.00. The van der Waals surface area contributed by atoms with Gasteiger partial charge in [0, 0.05) is 22.3 Å². The molecular weight excluding hydrogens is 390 g/mol. The van der Waals surface area contributed by atoms with Crippen molar-refractivity contribution in [3.63, 3.8) is 0 Å². The number of aromatic nitrogens is 1. The molecule has 0 spiro atoms. The number of carbonyl (C=O) groups is 2. The highest BCUT2D eigenvalue weighted by atomic mass is 79.9. The zero-order chi connectivity index (χ0) is 17.8. The Kier molecular flexibility index (Phi) is 5.14. The first kappa shape index (κ1) is 17.2. The van der Waals surface area contributed by atoms with Gasteiger partial charge in [-0.25, -0.2) is 9.59 Å². The molecule has 6 nitrogen and oxygen atoms in total. The number of nitrogens with zero attached hydrogens (tertiary/aromatic N) is 1. The van der Waals surface area contributed by atoms with Crippen LogP contribution in [-0.2, 0) is 16.1 Å². The van der Waals surface area contributed by atoms with Crippen molar-refractivity contribution in [3.05, 3.63) is 64.1 Å². The number of hydrogen-bond acceptors (Lipinski definition) is 6. The molecule has 1 aromatic carbocycles. The number of hydrogen-bond donors (Lipinski definition) is 0. The van der Waals surface area contributed by atoms with Gasteiger partial charge in [0.05, 0.1) is 17.7 Å². The Morgan fingerprint density at radius 2 is 2.04 bits per heavy atom. The highest BCUT2D eigenvalue weighted by molar-refractivity contribution is 9.10. The van der Waals surface area contributed by atoms with Gasteiger partial charge in [-0.15, -0.1) is 0 Å². The van der Waals surface area contributed by atoms with E-state index in [1.54, 1.807) is 43.5 Å². The average Bonchev–Trinajstić information content (AvgIpc) is 2.98. The zero-order valence-electron chi connectivity index (χ0n) is 13.3. The highest BCUT2D eigenvalue weighted by Crippen LogP contribution is 2.30. The molecule has 2 aromatic heterocycles. The van der Waals surface area contributed by atoms with Crippen LogP contribution in [0.2, 0.25) is 0 Å². The fourth-order valence-corrected chi connectivity index (χ4v) is 2.69. The zero-order valence-corrected chi connectivity index (χ0v) is 14.9. The van der Waals surface area contributed by atoms with Crippen molar-refractivity contribution in [2.45, 2.75) is 13.5 Å². The number of furan rings is 1. The van der Waals surface area contributed by atoms with Crippen molar-refractivity contribution >= 4 is 38.8 Å². The monoisotopic (exact) mass is 403 g/mol. The van der Waals surface area contributed by atoms with Crippen molar-refractivity contribution < 1.29 is 23.5 Å². The Labute approximate surface area is 151 Å². The summed E-state index contributed by atoms with van der Waals surface area (Å²) in [6.45, 7) is 1.80. The molecule has 0 aliphatic heterocycles. The first-order valence-electron chi connectivity index (χ1n) is 7.55. The minimum atomic E-state index is -0.595. The van der Waals surface area contributed by atoms with Crippen LogP contribution in [0.3, 0.4) is 0 Å². The lowest BCUT2D eigenvalue weighted by Crippen LogP contribution is -2.10. The Balaban J connectivity index is 1.93. The molecule has 0 unspecified atom stereocenters. The number of halogens is 1. The number of fused-ring (bicyclic) bond motifs is 1. The van der Waals surface area contributed by atoms with Crippen molar-refractivity contribution in [3.8, 4) is 0 Å². The molecule has 0 fully saturated rings. The summed E-state index contributed by atoms with van der Waals surface area (Å²) in [6, 6.07) is 8.58. The SMILES string of the molecule is CCOC(=O)c1oc2ccc(Br)cc2c1COC(=O)c1cccnc1. The van der Waals surface area contributed by atoms with Gasteiger partial charge in [-0.05, 0) is 37.3 Å². The molecule has 7 heteroatoms. The van der Waals surface area contributed by atoms with Crippen LogP contribution in [0.1, 0.15) is 33.4 Å². The summed E-state index contributed by atoms with van der Waals surface area (Å²) in [5.74, 6) is -1.09. The van der Waals surface area contributed by atoms with Gasteiger partial charge in [0.2, 0.25) is 5.76 Å². The van der Waals surface area contributed by atoms with Gasteiger partial charge in [-0.2, -0.15) is 0 Å². The lowest BCUT2D eigenvalue weighted by atomic mass is 10.1. The Bertz CT molecular complexity index is 920. The molecule has 25 heavy (non-hydrogen) atoms.